The van der Waals surface area contributed by atoms with E-state index in [4.69, 9.17) is 4.42 Å². The number of hydrogen-bond acceptors (Lipinski definition) is 4. The first-order chi connectivity index (χ1) is 9.15. The molecule has 3 rings (SSSR count). The van der Waals surface area contributed by atoms with Gasteiger partial charge in [0.25, 0.3) is 0 Å². The summed E-state index contributed by atoms with van der Waals surface area (Å²) in [6.07, 6.45) is 1.08. The van der Waals surface area contributed by atoms with Gasteiger partial charge in [0.15, 0.2) is 11.6 Å². The third-order valence-electron chi connectivity index (χ3n) is 3.11. The summed E-state index contributed by atoms with van der Waals surface area (Å²) in [7, 11) is 0. The molecule has 0 aliphatic rings. The van der Waals surface area contributed by atoms with E-state index in [1.54, 1.807) is 13.1 Å². The van der Waals surface area contributed by atoms with Crippen LogP contribution in [0.5, 0.6) is 0 Å². The number of rotatable bonds is 2. The molecule has 0 fully saturated rings. The van der Waals surface area contributed by atoms with E-state index in [-0.39, 0.29) is 0 Å². The van der Waals surface area contributed by atoms with Crippen molar-refractivity contribution in [2.75, 3.05) is 0 Å². The molecule has 1 N–H and O–H groups in total. The van der Waals surface area contributed by atoms with Gasteiger partial charge in [0.05, 0.1) is 6.10 Å². The molecule has 0 aliphatic carbocycles. The summed E-state index contributed by atoms with van der Waals surface area (Å²) in [4.78, 5) is 8.66. The number of aliphatic hydroxyl groups excluding tert-OH is 1. The van der Waals surface area contributed by atoms with Gasteiger partial charge in [0.2, 0.25) is 0 Å². The van der Waals surface area contributed by atoms with E-state index in [0.717, 1.165) is 22.2 Å². The maximum atomic E-state index is 9.58. The van der Waals surface area contributed by atoms with Crippen molar-refractivity contribution >= 4 is 11.0 Å². The molecule has 1 aromatic carbocycles. The van der Waals surface area contributed by atoms with Crippen molar-refractivity contribution in [2.24, 2.45) is 0 Å². The summed E-state index contributed by atoms with van der Waals surface area (Å²) in [5.74, 6) is 1.18. The molecule has 4 nitrogen and oxygen atoms in total. The molecule has 2 aromatic heterocycles. The molecule has 0 unspecified atom stereocenters. The van der Waals surface area contributed by atoms with Gasteiger partial charge in [0.1, 0.15) is 5.58 Å². The lowest BCUT2D eigenvalue weighted by Gasteiger charge is -2.07. The molecule has 96 valence electrons. The Kier molecular flexibility index (Phi) is 2.80. The molecule has 1 atom stereocenters. The summed E-state index contributed by atoms with van der Waals surface area (Å²) in [5, 5.41) is 10.6. The second-order valence-electron chi connectivity index (χ2n) is 4.56. The lowest BCUT2D eigenvalue weighted by Crippen LogP contribution is -2.00. The van der Waals surface area contributed by atoms with Crippen LogP contribution in [0.15, 0.2) is 40.9 Å². The van der Waals surface area contributed by atoms with Crippen LogP contribution in [-0.2, 0) is 0 Å². The predicted octanol–water partition coefficient (Wildman–Crippen LogP) is 3.25. The van der Waals surface area contributed by atoms with Crippen LogP contribution in [0.4, 0.5) is 0 Å². The molecule has 0 amide bonds. The van der Waals surface area contributed by atoms with E-state index >= 15 is 0 Å². The van der Waals surface area contributed by atoms with Crippen LogP contribution in [0.3, 0.4) is 0 Å². The molecular weight excluding hydrogens is 240 g/mol. The summed E-state index contributed by atoms with van der Waals surface area (Å²) >= 11 is 0. The minimum absolute atomic E-state index is 0.540. The number of para-hydroxylation sites is 1. The Bertz CT molecular complexity index is 699. The summed E-state index contributed by atoms with van der Waals surface area (Å²) in [6, 6.07) is 9.71. The Balaban J connectivity index is 2.09. The third kappa shape index (κ3) is 2.11. The van der Waals surface area contributed by atoms with Crippen LogP contribution in [-0.4, -0.2) is 15.1 Å². The van der Waals surface area contributed by atoms with Crippen molar-refractivity contribution in [3.05, 3.63) is 47.8 Å². The van der Waals surface area contributed by atoms with Gasteiger partial charge in [-0.1, -0.05) is 18.2 Å². The molecular formula is C15H14N2O2. The van der Waals surface area contributed by atoms with Gasteiger partial charge in [-0.05, 0) is 26.0 Å². The molecule has 19 heavy (non-hydrogen) atoms. The molecule has 0 spiro atoms. The zero-order chi connectivity index (χ0) is 13.4. The average molecular weight is 254 g/mol. The molecule has 2 heterocycles. The predicted molar refractivity (Wildman–Crippen MR) is 72.6 cm³/mol. The topological polar surface area (TPSA) is 59.2 Å². The molecule has 0 saturated carbocycles. The first kappa shape index (κ1) is 11.9. The minimum atomic E-state index is -0.565. The highest BCUT2D eigenvalue weighted by Gasteiger charge is 2.12. The van der Waals surface area contributed by atoms with Crippen molar-refractivity contribution in [2.45, 2.75) is 20.0 Å². The van der Waals surface area contributed by atoms with E-state index in [2.05, 4.69) is 9.97 Å². The van der Waals surface area contributed by atoms with Gasteiger partial charge in [-0.3, -0.25) is 0 Å². The fourth-order valence-electron chi connectivity index (χ4n) is 2.10. The molecule has 0 radical (unpaired) electrons. The third-order valence-corrected chi connectivity index (χ3v) is 3.11. The van der Waals surface area contributed by atoms with Crippen molar-refractivity contribution in [1.82, 2.24) is 9.97 Å². The number of hydrogen-bond donors (Lipinski definition) is 1. The van der Waals surface area contributed by atoms with Gasteiger partial charge in [-0.2, -0.15) is 0 Å². The first-order valence-electron chi connectivity index (χ1n) is 6.15. The number of nitrogens with zero attached hydrogens (tertiary/aromatic N) is 2. The lowest BCUT2D eigenvalue weighted by molar-refractivity contribution is 0.197. The van der Waals surface area contributed by atoms with Crippen LogP contribution in [0.2, 0.25) is 0 Å². The zero-order valence-corrected chi connectivity index (χ0v) is 10.8. The van der Waals surface area contributed by atoms with Crippen LogP contribution in [0, 0.1) is 6.92 Å². The van der Waals surface area contributed by atoms with Gasteiger partial charge in [-0.15, -0.1) is 0 Å². The van der Waals surface area contributed by atoms with Crippen LogP contribution >= 0.6 is 0 Å². The van der Waals surface area contributed by atoms with Gasteiger partial charge in [-0.25, -0.2) is 9.97 Å². The van der Waals surface area contributed by atoms with Crippen molar-refractivity contribution < 1.29 is 9.52 Å². The molecule has 0 aliphatic heterocycles. The van der Waals surface area contributed by atoms with Crippen LogP contribution in [0.25, 0.3) is 22.6 Å². The Morgan fingerprint density at radius 1 is 1.26 bits per heavy atom. The average Bonchev–Trinajstić information content (AvgIpc) is 2.81. The van der Waals surface area contributed by atoms with Crippen molar-refractivity contribution in [1.29, 1.82) is 0 Å². The van der Waals surface area contributed by atoms with Crippen molar-refractivity contribution in [3.8, 4) is 11.6 Å². The lowest BCUT2D eigenvalue weighted by atomic mass is 10.1. The van der Waals surface area contributed by atoms with Crippen LogP contribution in [0.1, 0.15) is 24.3 Å². The Hall–Kier alpha value is -2.20. The monoisotopic (exact) mass is 254 g/mol. The van der Waals surface area contributed by atoms with Gasteiger partial charge < -0.3 is 9.52 Å². The highest BCUT2D eigenvalue weighted by atomic mass is 16.3. The molecule has 0 saturated heterocycles. The molecule has 0 bridgehead atoms. The molecule has 3 aromatic rings. The fraction of sp³-hybridized carbons (Fsp3) is 0.200. The highest BCUT2D eigenvalue weighted by Crippen LogP contribution is 2.26. The zero-order valence-electron chi connectivity index (χ0n) is 10.8. The largest absolute Gasteiger partial charge is 0.453 e. The summed E-state index contributed by atoms with van der Waals surface area (Å²) in [5.41, 5.74) is 2.32. The SMILES string of the molecule is Cc1nc(-c2cc3ccccc3o2)ncc1[C@H](C)O. The van der Waals surface area contributed by atoms with Crippen LogP contribution < -0.4 is 0 Å². The minimum Gasteiger partial charge on any atom is -0.453 e. The number of fused-ring (bicyclic) bond motifs is 1. The number of aryl methyl sites for hydroxylation is 1. The number of furan rings is 1. The van der Waals surface area contributed by atoms with Gasteiger partial charge in [0, 0.05) is 22.8 Å². The summed E-state index contributed by atoms with van der Waals surface area (Å²) < 4.78 is 5.72. The smallest absolute Gasteiger partial charge is 0.195 e. The maximum absolute atomic E-state index is 9.58. The molecule has 4 heteroatoms. The Labute approximate surface area is 110 Å². The Morgan fingerprint density at radius 2 is 2.05 bits per heavy atom. The van der Waals surface area contributed by atoms with E-state index < -0.39 is 6.10 Å². The van der Waals surface area contributed by atoms with E-state index in [1.807, 2.05) is 37.3 Å². The van der Waals surface area contributed by atoms with E-state index in [9.17, 15) is 5.11 Å². The fourth-order valence-corrected chi connectivity index (χ4v) is 2.10. The number of aromatic nitrogens is 2. The highest BCUT2D eigenvalue weighted by molar-refractivity contribution is 5.81. The summed E-state index contributed by atoms with van der Waals surface area (Å²) in [6.45, 7) is 3.56. The maximum Gasteiger partial charge on any atom is 0.195 e. The first-order valence-corrected chi connectivity index (χ1v) is 6.15. The van der Waals surface area contributed by atoms with E-state index in [1.165, 1.54) is 0 Å². The number of aliphatic hydroxyl groups is 1. The standard InChI is InChI=1S/C15H14N2O2/c1-9-12(10(2)18)8-16-15(17-9)14-7-11-5-3-4-6-13(11)19-14/h3-8,10,18H,1-2H3/t10-/m0/s1. The number of benzene rings is 1. The quantitative estimate of drug-likeness (QED) is 0.762. The van der Waals surface area contributed by atoms with Gasteiger partial charge >= 0.3 is 0 Å². The van der Waals surface area contributed by atoms with E-state index in [0.29, 0.717) is 11.6 Å². The normalized spacial score (nSPS) is 12.8. The second kappa shape index (κ2) is 4.48. The second-order valence-corrected chi connectivity index (χ2v) is 4.56. The van der Waals surface area contributed by atoms with Crippen molar-refractivity contribution in [3.63, 3.8) is 0 Å². The Morgan fingerprint density at radius 3 is 2.74 bits per heavy atom.